The molecule has 1 N–H and O–H groups in total. The van der Waals surface area contributed by atoms with Crippen LogP contribution in [0.4, 0.5) is 0 Å². The Morgan fingerprint density at radius 2 is 2.18 bits per heavy atom. The van der Waals surface area contributed by atoms with Crippen molar-refractivity contribution in [1.29, 1.82) is 0 Å². The number of nitrogens with one attached hydrogen (secondary N) is 1. The van der Waals surface area contributed by atoms with E-state index in [9.17, 15) is 0 Å². The minimum absolute atomic E-state index is 0.739. The third-order valence-electron chi connectivity index (χ3n) is 3.26. The molecule has 3 heteroatoms. The summed E-state index contributed by atoms with van der Waals surface area (Å²) in [4.78, 5) is 5.43. The number of thioether (sulfide) groups is 1. The van der Waals surface area contributed by atoms with Crippen molar-refractivity contribution in [3.8, 4) is 0 Å². The van der Waals surface area contributed by atoms with Crippen molar-refractivity contribution in [3.05, 3.63) is 24.5 Å². The molecule has 2 unspecified atom stereocenters. The van der Waals surface area contributed by atoms with Crippen molar-refractivity contribution in [2.24, 2.45) is 0 Å². The third-order valence-corrected chi connectivity index (χ3v) is 4.57. The second kappa shape index (κ2) is 7.02. The van der Waals surface area contributed by atoms with Crippen LogP contribution in [-0.4, -0.2) is 22.8 Å². The van der Waals surface area contributed by atoms with Crippen molar-refractivity contribution in [3.63, 3.8) is 0 Å². The molecule has 1 fully saturated rings. The number of aromatic nitrogens is 1. The summed E-state index contributed by atoms with van der Waals surface area (Å²) in [6.45, 7) is 3.40. The van der Waals surface area contributed by atoms with Crippen LogP contribution in [0.3, 0.4) is 0 Å². The lowest BCUT2D eigenvalue weighted by Crippen LogP contribution is -2.35. The maximum Gasteiger partial charge on any atom is 0.0278 e. The molecule has 2 atom stereocenters. The fourth-order valence-corrected chi connectivity index (χ4v) is 3.67. The maximum absolute atomic E-state index is 4.07. The molecular weight excluding hydrogens is 228 g/mol. The fraction of sp³-hybridized carbons (Fsp3) is 0.643. The lowest BCUT2D eigenvalue weighted by Gasteiger charge is -2.29. The average molecular weight is 250 g/mol. The first-order valence-electron chi connectivity index (χ1n) is 6.68. The molecule has 1 heterocycles. The normalized spacial score (nSPS) is 24.8. The smallest absolute Gasteiger partial charge is 0.0278 e. The highest BCUT2D eigenvalue weighted by atomic mass is 32.2. The van der Waals surface area contributed by atoms with Crippen molar-refractivity contribution >= 4 is 11.8 Å². The third kappa shape index (κ3) is 4.32. The summed E-state index contributed by atoms with van der Waals surface area (Å²) in [5.41, 5.74) is 0. The summed E-state index contributed by atoms with van der Waals surface area (Å²) in [6, 6.07) is 4.98. The standard InChI is InChI=1S/C14H22N2S/c1-2-8-16-12-4-3-5-14(11-12)17-13-6-9-15-10-7-13/h6-7,9-10,12,14,16H,2-5,8,11H2,1H3. The molecule has 0 bridgehead atoms. The zero-order chi connectivity index (χ0) is 11.9. The average Bonchev–Trinajstić information content (AvgIpc) is 2.38. The Morgan fingerprint density at radius 1 is 1.35 bits per heavy atom. The van der Waals surface area contributed by atoms with Gasteiger partial charge in [-0.25, -0.2) is 0 Å². The molecule has 0 amide bonds. The van der Waals surface area contributed by atoms with E-state index in [-0.39, 0.29) is 0 Å². The summed E-state index contributed by atoms with van der Waals surface area (Å²) in [7, 11) is 0. The molecule has 0 aliphatic heterocycles. The molecule has 0 radical (unpaired) electrons. The molecule has 17 heavy (non-hydrogen) atoms. The summed E-state index contributed by atoms with van der Waals surface area (Å²) < 4.78 is 0. The van der Waals surface area contributed by atoms with Gasteiger partial charge in [-0.2, -0.15) is 0 Å². The van der Waals surface area contributed by atoms with Crippen LogP contribution in [0.2, 0.25) is 0 Å². The monoisotopic (exact) mass is 250 g/mol. The second-order valence-electron chi connectivity index (χ2n) is 4.74. The van der Waals surface area contributed by atoms with Crippen LogP contribution >= 0.6 is 11.8 Å². The highest BCUT2D eigenvalue weighted by Crippen LogP contribution is 2.33. The van der Waals surface area contributed by atoms with E-state index in [1.54, 1.807) is 0 Å². The highest BCUT2D eigenvalue weighted by molar-refractivity contribution is 8.00. The van der Waals surface area contributed by atoms with Crippen LogP contribution in [0, 0.1) is 0 Å². The van der Waals surface area contributed by atoms with Gasteiger partial charge in [0.15, 0.2) is 0 Å². The van der Waals surface area contributed by atoms with Crippen molar-refractivity contribution in [1.82, 2.24) is 10.3 Å². The number of nitrogens with zero attached hydrogens (tertiary/aromatic N) is 1. The van der Waals surface area contributed by atoms with Crippen LogP contribution in [0.15, 0.2) is 29.4 Å². The Hall–Kier alpha value is -0.540. The summed E-state index contributed by atoms with van der Waals surface area (Å²) >= 11 is 2.02. The van der Waals surface area contributed by atoms with Gasteiger partial charge in [-0.1, -0.05) is 13.3 Å². The Bertz CT molecular complexity index is 315. The molecule has 1 aliphatic rings. The van der Waals surface area contributed by atoms with E-state index in [1.807, 2.05) is 24.2 Å². The molecular formula is C14H22N2S. The predicted molar refractivity (Wildman–Crippen MR) is 74.4 cm³/mol. The van der Waals surface area contributed by atoms with Gasteiger partial charge in [0.1, 0.15) is 0 Å². The summed E-state index contributed by atoms with van der Waals surface area (Å²) in [5.74, 6) is 0. The lowest BCUT2D eigenvalue weighted by atomic mass is 9.95. The van der Waals surface area contributed by atoms with E-state index in [1.165, 1.54) is 37.0 Å². The topological polar surface area (TPSA) is 24.9 Å². The predicted octanol–water partition coefficient (Wildman–Crippen LogP) is 3.48. The Balaban J connectivity index is 1.81. The van der Waals surface area contributed by atoms with Gasteiger partial charge in [-0.3, -0.25) is 4.98 Å². The molecule has 1 aliphatic carbocycles. The number of rotatable bonds is 5. The van der Waals surface area contributed by atoms with E-state index in [0.29, 0.717) is 0 Å². The van der Waals surface area contributed by atoms with Gasteiger partial charge in [0.2, 0.25) is 0 Å². The van der Waals surface area contributed by atoms with Crippen molar-refractivity contribution in [2.75, 3.05) is 6.54 Å². The van der Waals surface area contributed by atoms with Gasteiger partial charge >= 0.3 is 0 Å². The van der Waals surface area contributed by atoms with Gasteiger partial charge in [0.25, 0.3) is 0 Å². The minimum atomic E-state index is 0.739. The van der Waals surface area contributed by atoms with Crippen molar-refractivity contribution in [2.45, 2.75) is 55.2 Å². The van der Waals surface area contributed by atoms with Crippen LogP contribution < -0.4 is 5.32 Å². The highest BCUT2D eigenvalue weighted by Gasteiger charge is 2.21. The SMILES string of the molecule is CCCNC1CCCC(Sc2ccncc2)C1. The molecule has 0 aromatic carbocycles. The van der Waals surface area contributed by atoms with Crippen LogP contribution in [-0.2, 0) is 0 Å². The number of pyridine rings is 1. The van der Waals surface area contributed by atoms with Gasteiger partial charge in [-0.15, -0.1) is 11.8 Å². The number of hydrogen-bond acceptors (Lipinski definition) is 3. The van der Waals surface area contributed by atoms with E-state index in [2.05, 4.69) is 29.4 Å². The largest absolute Gasteiger partial charge is 0.314 e. The first kappa shape index (κ1) is 12.9. The van der Waals surface area contributed by atoms with Gasteiger partial charge in [0.05, 0.1) is 0 Å². The van der Waals surface area contributed by atoms with Crippen LogP contribution in [0.5, 0.6) is 0 Å². The molecule has 0 spiro atoms. The lowest BCUT2D eigenvalue weighted by molar-refractivity contribution is 0.381. The summed E-state index contributed by atoms with van der Waals surface area (Å²) in [6.07, 6.45) is 10.4. The minimum Gasteiger partial charge on any atom is -0.314 e. The van der Waals surface area contributed by atoms with E-state index >= 15 is 0 Å². The van der Waals surface area contributed by atoms with Crippen molar-refractivity contribution < 1.29 is 0 Å². The summed E-state index contributed by atoms with van der Waals surface area (Å²) in [5, 5.41) is 4.44. The Kier molecular flexibility index (Phi) is 5.33. The fourth-order valence-electron chi connectivity index (χ4n) is 2.40. The van der Waals surface area contributed by atoms with Gasteiger partial charge in [0, 0.05) is 28.6 Å². The molecule has 1 aromatic rings. The van der Waals surface area contributed by atoms with Gasteiger partial charge in [-0.05, 0) is 44.4 Å². The first-order valence-corrected chi connectivity index (χ1v) is 7.56. The Morgan fingerprint density at radius 3 is 2.94 bits per heavy atom. The van der Waals surface area contributed by atoms with Gasteiger partial charge < -0.3 is 5.32 Å². The quantitative estimate of drug-likeness (QED) is 0.866. The van der Waals surface area contributed by atoms with E-state index in [4.69, 9.17) is 0 Å². The first-order chi connectivity index (χ1) is 8.38. The zero-order valence-corrected chi connectivity index (χ0v) is 11.4. The second-order valence-corrected chi connectivity index (χ2v) is 6.11. The molecule has 1 aromatic heterocycles. The van der Waals surface area contributed by atoms with E-state index < -0.39 is 0 Å². The molecule has 1 saturated carbocycles. The maximum atomic E-state index is 4.07. The molecule has 94 valence electrons. The Labute approximate surface area is 109 Å². The van der Waals surface area contributed by atoms with E-state index in [0.717, 1.165) is 17.8 Å². The van der Waals surface area contributed by atoms with Crippen LogP contribution in [0.1, 0.15) is 39.0 Å². The molecule has 2 nitrogen and oxygen atoms in total. The molecule has 0 saturated heterocycles. The zero-order valence-electron chi connectivity index (χ0n) is 10.6. The number of hydrogen-bond donors (Lipinski definition) is 1. The van der Waals surface area contributed by atoms with Crippen LogP contribution in [0.25, 0.3) is 0 Å². The molecule has 2 rings (SSSR count).